The summed E-state index contributed by atoms with van der Waals surface area (Å²) in [5.41, 5.74) is 1.36. The van der Waals surface area contributed by atoms with Crippen molar-refractivity contribution in [2.24, 2.45) is 0 Å². The zero-order valence-corrected chi connectivity index (χ0v) is 12.4. The lowest BCUT2D eigenvalue weighted by Crippen LogP contribution is -2.28. The quantitative estimate of drug-likeness (QED) is 0.431. The molecule has 0 aliphatic heterocycles. The molecule has 1 aromatic carbocycles. The maximum atomic E-state index is 3.87. The van der Waals surface area contributed by atoms with Crippen LogP contribution in [0.3, 0.4) is 0 Å². The van der Waals surface area contributed by atoms with Crippen molar-refractivity contribution in [3.63, 3.8) is 0 Å². The second-order valence-corrected chi connectivity index (χ2v) is 5.29. The largest absolute Gasteiger partial charge is 0.310 e. The highest BCUT2D eigenvalue weighted by Crippen LogP contribution is 2.10. The molecular formula is C18H29N. The van der Waals surface area contributed by atoms with E-state index in [9.17, 15) is 0 Å². The minimum Gasteiger partial charge on any atom is -0.310 e. The van der Waals surface area contributed by atoms with Gasteiger partial charge in [-0.05, 0) is 18.4 Å². The highest BCUT2D eigenvalue weighted by molar-refractivity contribution is 5.14. The van der Waals surface area contributed by atoms with Gasteiger partial charge in [0, 0.05) is 12.6 Å². The number of hydrogen-bond acceptors (Lipinski definition) is 1. The van der Waals surface area contributed by atoms with Gasteiger partial charge in [-0.15, -0.1) is 6.58 Å². The van der Waals surface area contributed by atoms with Crippen molar-refractivity contribution in [3.05, 3.63) is 48.6 Å². The Morgan fingerprint density at radius 1 is 1.11 bits per heavy atom. The molecule has 1 N–H and O–H groups in total. The minimum atomic E-state index is 0.583. The molecule has 1 atom stereocenters. The van der Waals surface area contributed by atoms with E-state index < -0.39 is 0 Å². The van der Waals surface area contributed by atoms with Crippen molar-refractivity contribution in [2.45, 2.75) is 64.5 Å². The van der Waals surface area contributed by atoms with Crippen molar-refractivity contribution < 1.29 is 0 Å². The molecule has 0 bridgehead atoms. The maximum Gasteiger partial charge on any atom is 0.0208 e. The first-order chi connectivity index (χ1) is 9.36. The van der Waals surface area contributed by atoms with E-state index in [4.69, 9.17) is 0 Å². The first-order valence-electron chi connectivity index (χ1n) is 7.75. The molecule has 0 fully saturated rings. The van der Waals surface area contributed by atoms with Gasteiger partial charge in [0.1, 0.15) is 0 Å². The lowest BCUT2D eigenvalue weighted by molar-refractivity contribution is 0.455. The fourth-order valence-corrected chi connectivity index (χ4v) is 2.36. The van der Waals surface area contributed by atoms with Gasteiger partial charge in [0.15, 0.2) is 0 Å². The van der Waals surface area contributed by atoms with E-state index in [1.165, 1.54) is 44.1 Å². The number of hydrogen-bond donors (Lipinski definition) is 1. The van der Waals surface area contributed by atoms with Gasteiger partial charge in [-0.1, -0.05) is 75.4 Å². The van der Waals surface area contributed by atoms with Gasteiger partial charge in [0.2, 0.25) is 0 Å². The molecule has 106 valence electrons. The molecule has 0 saturated carbocycles. The van der Waals surface area contributed by atoms with Gasteiger partial charge in [0.05, 0.1) is 0 Å². The molecule has 0 heterocycles. The van der Waals surface area contributed by atoms with Crippen molar-refractivity contribution >= 4 is 0 Å². The van der Waals surface area contributed by atoms with E-state index in [0.717, 1.165) is 13.0 Å². The molecule has 19 heavy (non-hydrogen) atoms. The fraction of sp³-hybridized carbons (Fsp3) is 0.556. The van der Waals surface area contributed by atoms with Crippen LogP contribution in [0.15, 0.2) is 43.0 Å². The molecule has 0 spiro atoms. The molecule has 1 nitrogen and oxygen atoms in total. The van der Waals surface area contributed by atoms with Crippen molar-refractivity contribution in [1.29, 1.82) is 0 Å². The number of unbranched alkanes of at least 4 members (excludes halogenated alkanes) is 4. The summed E-state index contributed by atoms with van der Waals surface area (Å²) in [6.45, 7) is 7.11. The van der Waals surface area contributed by atoms with E-state index in [1.807, 2.05) is 6.08 Å². The molecule has 1 heteroatoms. The topological polar surface area (TPSA) is 12.0 Å². The van der Waals surface area contributed by atoms with Crippen LogP contribution in [0.2, 0.25) is 0 Å². The minimum absolute atomic E-state index is 0.583. The summed E-state index contributed by atoms with van der Waals surface area (Å²) in [5, 5.41) is 3.66. The van der Waals surface area contributed by atoms with Crippen LogP contribution in [-0.4, -0.2) is 6.04 Å². The summed E-state index contributed by atoms with van der Waals surface area (Å²) in [6, 6.07) is 11.2. The fourth-order valence-electron chi connectivity index (χ4n) is 2.36. The second-order valence-electron chi connectivity index (χ2n) is 5.29. The molecule has 1 aromatic rings. The predicted octanol–water partition coefficient (Wildman–Crippen LogP) is 5.08. The lowest BCUT2D eigenvalue weighted by Gasteiger charge is -2.17. The molecule has 0 amide bonds. The summed E-state index contributed by atoms with van der Waals surface area (Å²) >= 11 is 0. The average Bonchev–Trinajstić information content (AvgIpc) is 2.45. The predicted molar refractivity (Wildman–Crippen MR) is 85.3 cm³/mol. The van der Waals surface area contributed by atoms with Crippen LogP contribution >= 0.6 is 0 Å². The smallest absolute Gasteiger partial charge is 0.0208 e. The van der Waals surface area contributed by atoms with E-state index in [0.29, 0.717) is 6.04 Å². The number of benzene rings is 1. The Hall–Kier alpha value is -1.08. The monoisotopic (exact) mass is 259 g/mol. The molecule has 0 aromatic heterocycles. The highest BCUT2D eigenvalue weighted by Gasteiger charge is 2.05. The third kappa shape index (κ3) is 7.84. The van der Waals surface area contributed by atoms with Crippen molar-refractivity contribution in [3.8, 4) is 0 Å². The molecule has 0 unspecified atom stereocenters. The van der Waals surface area contributed by atoms with Crippen LogP contribution < -0.4 is 5.32 Å². The molecule has 0 aliphatic carbocycles. The van der Waals surface area contributed by atoms with Gasteiger partial charge in [-0.25, -0.2) is 0 Å². The summed E-state index contributed by atoms with van der Waals surface area (Å²) in [7, 11) is 0. The van der Waals surface area contributed by atoms with Crippen LogP contribution in [0.25, 0.3) is 0 Å². The third-order valence-electron chi connectivity index (χ3n) is 3.55. The molecule has 0 aliphatic rings. The Balaban J connectivity index is 2.22. The molecule has 0 radical (unpaired) electrons. The summed E-state index contributed by atoms with van der Waals surface area (Å²) in [6.07, 6.45) is 11.2. The highest BCUT2D eigenvalue weighted by atomic mass is 14.9. The van der Waals surface area contributed by atoms with Crippen LogP contribution in [0.1, 0.15) is 57.4 Å². The van der Waals surface area contributed by atoms with Crippen LogP contribution in [0, 0.1) is 0 Å². The zero-order chi connectivity index (χ0) is 13.8. The molecule has 1 rings (SSSR count). The first kappa shape index (κ1) is 16.0. The van der Waals surface area contributed by atoms with Crippen molar-refractivity contribution in [1.82, 2.24) is 5.32 Å². The van der Waals surface area contributed by atoms with Crippen LogP contribution in [-0.2, 0) is 6.54 Å². The van der Waals surface area contributed by atoms with Crippen LogP contribution in [0.4, 0.5) is 0 Å². The Morgan fingerprint density at radius 2 is 1.84 bits per heavy atom. The number of nitrogens with one attached hydrogen (secondary N) is 1. The Kier molecular flexibility index (Phi) is 9.09. The van der Waals surface area contributed by atoms with E-state index >= 15 is 0 Å². The SMILES string of the molecule is C=CC[C@@H](CCCCCCC)NCc1ccccc1. The van der Waals surface area contributed by atoms with Crippen molar-refractivity contribution in [2.75, 3.05) is 0 Å². The van der Waals surface area contributed by atoms with E-state index in [2.05, 4.69) is 49.2 Å². The Labute approximate surface area is 119 Å². The van der Waals surface area contributed by atoms with Gasteiger partial charge in [0.25, 0.3) is 0 Å². The molecule has 0 saturated heterocycles. The number of rotatable bonds is 11. The third-order valence-corrected chi connectivity index (χ3v) is 3.55. The first-order valence-corrected chi connectivity index (χ1v) is 7.75. The summed E-state index contributed by atoms with van der Waals surface area (Å²) < 4.78 is 0. The van der Waals surface area contributed by atoms with E-state index in [1.54, 1.807) is 0 Å². The summed E-state index contributed by atoms with van der Waals surface area (Å²) in [5.74, 6) is 0. The van der Waals surface area contributed by atoms with Crippen LogP contribution in [0.5, 0.6) is 0 Å². The van der Waals surface area contributed by atoms with E-state index in [-0.39, 0.29) is 0 Å². The maximum absolute atomic E-state index is 3.87. The van der Waals surface area contributed by atoms with Gasteiger partial charge >= 0.3 is 0 Å². The molecular weight excluding hydrogens is 230 g/mol. The zero-order valence-electron chi connectivity index (χ0n) is 12.4. The normalized spacial score (nSPS) is 12.3. The second kappa shape index (κ2) is 10.8. The standard InChI is InChI=1S/C18H29N/c1-3-5-6-7-11-15-18(12-4-2)19-16-17-13-9-8-10-14-17/h4,8-10,13-14,18-19H,2-3,5-7,11-12,15-16H2,1H3/t18-/m0/s1. The Bertz CT molecular complexity index is 318. The average molecular weight is 259 g/mol. The lowest BCUT2D eigenvalue weighted by atomic mass is 10.0. The van der Waals surface area contributed by atoms with Gasteiger partial charge in [-0.3, -0.25) is 0 Å². The Morgan fingerprint density at radius 3 is 2.53 bits per heavy atom. The van der Waals surface area contributed by atoms with Gasteiger partial charge in [-0.2, -0.15) is 0 Å². The van der Waals surface area contributed by atoms with Gasteiger partial charge < -0.3 is 5.32 Å². The summed E-state index contributed by atoms with van der Waals surface area (Å²) in [4.78, 5) is 0.